The van der Waals surface area contributed by atoms with Gasteiger partial charge in [0.2, 0.25) is 0 Å². The number of anilines is 1. The molecule has 0 amide bonds. The van der Waals surface area contributed by atoms with Gasteiger partial charge < -0.3 is 9.74 Å². The summed E-state index contributed by atoms with van der Waals surface area (Å²) in [6.45, 7) is 7.69. The molecule has 0 aliphatic heterocycles. The van der Waals surface area contributed by atoms with Gasteiger partial charge in [0, 0.05) is 18.3 Å². The highest BCUT2D eigenvalue weighted by Gasteiger charge is 2.52. The van der Waals surface area contributed by atoms with E-state index < -0.39 is 8.32 Å². The van der Waals surface area contributed by atoms with Crippen molar-refractivity contribution in [2.75, 3.05) is 5.32 Å². The first-order chi connectivity index (χ1) is 15.5. The van der Waals surface area contributed by atoms with Crippen LogP contribution in [0.1, 0.15) is 26.3 Å². The topological polar surface area (TPSA) is 21.3 Å². The minimum Gasteiger partial charge on any atom is -0.534 e. The van der Waals surface area contributed by atoms with Crippen molar-refractivity contribution in [3.05, 3.63) is 121 Å². The van der Waals surface area contributed by atoms with Gasteiger partial charge in [-0.05, 0) is 33.1 Å². The first-order valence-electron chi connectivity index (χ1n) is 11.2. The second-order valence-corrected chi connectivity index (χ2v) is 13.4. The van der Waals surface area contributed by atoms with Gasteiger partial charge >= 0.3 is 8.32 Å². The van der Waals surface area contributed by atoms with Gasteiger partial charge in [0.25, 0.3) is 0 Å². The Balaban J connectivity index is 1.72. The molecule has 0 fully saturated rings. The van der Waals surface area contributed by atoms with E-state index in [0.717, 1.165) is 18.0 Å². The quantitative estimate of drug-likeness (QED) is 0.346. The van der Waals surface area contributed by atoms with Crippen molar-refractivity contribution >= 4 is 24.4 Å². The fourth-order valence-corrected chi connectivity index (χ4v) is 8.71. The van der Waals surface area contributed by atoms with E-state index in [1.165, 1.54) is 15.9 Å². The molecule has 0 bridgehead atoms. The van der Waals surface area contributed by atoms with Crippen LogP contribution in [0.3, 0.4) is 0 Å². The molecule has 0 atom stereocenters. The second-order valence-electron chi connectivity index (χ2n) is 9.13. The Labute approximate surface area is 193 Å². The molecule has 0 aliphatic carbocycles. The normalized spacial score (nSPS) is 11.7. The van der Waals surface area contributed by atoms with Crippen LogP contribution in [0.2, 0.25) is 5.04 Å². The van der Waals surface area contributed by atoms with Gasteiger partial charge in [-0.3, -0.25) is 0 Å². The number of rotatable bonds is 7. The molecule has 0 unspecified atom stereocenters. The standard InChI is InChI=1S/C29H31NOSi/c1-29(2,3)32(27-18-9-5-10-19-27,28-20-11-6-12-21-28)31-26-17-13-16-25(22-26)30-23-24-14-7-4-8-15-24/h4-22,30H,23H2,1-3H3. The molecule has 32 heavy (non-hydrogen) atoms. The van der Waals surface area contributed by atoms with Gasteiger partial charge in [-0.25, -0.2) is 0 Å². The van der Waals surface area contributed by atoms with Crippen molar-refractivity contribution in [3.63, 3.8) is 0 Å². The largest absolute Gasteiger partial charge is 0.534 e. The van der Waals surface area contributed by atoms with Crippen molar-refractivity contribution in [1.29, 1.82) is 0 Å². The first-order valence-corrected chi connectivity index (χ1v) is 13.1. The number of benzene rings is 4. The lowest BCUT2D eigenvalue weighted by Crippen LogP contribution is -2.68. The van der Waals surface area contributed by atoms with Crippen molar-refractivity contribution in [2.45, 2.75) is 32.4 Å². The summed E-state index contributed by atoms with van der Waals surface area (Å²) in [5.41, 5.74) is 2.31. The fourth-order valence-electron chi connectivity index (χ4n) is 4.30. The van der Waals surface area contributed by atoms with Gasteiger partial charge in [0.15, 0.2) is 0 Å². The van der Waals surface area contributed by atoms with Crippen LogP contribution >= 0.6 is 0 Å². The summed E-state index contributed by atoms with van der Waals surface area (Å²) in [5, 5.41) is 6.03. The summed E-state index contributed by atoms with van der Waals surface area (Å²) >= 11 is 0. The maximum Gasteiger partial charge on any atom is 0.319 e. The van der Waals surface area contributed by atoms with E-state index in [-0.39, 0.29) is 5.04 Å². The summed E-state index contributed by atoms with van der Waals surface area (Å²) in [4.78, 5) is 0. The van der Waals surface area contributed by atoms with E-state index in [4.69, 9.17) is 4.43 Å². The maximum absolute atomic E-state index is 7.13. The molecule has 0 aromatic heterocycles. The molecule has 0 saturated carbocycles. The molecule has 4 aromatic carbocycles. The Morgan fingerprint density at radius 1 is 0.656 bits per heavy atom. The molecular weight excluding hydrogens is 406 g/mol. The van der Waals surface area contributed by atoms with Crippen LogP contribution in [0, 0.1) is 0 Å². The van der Waals surface area contributed by atoms with Gasteiger partial charge in [-0.1, -0.05) is 118 Å². The van der Waals surface area contributed by atoms with Crippen LogP contribution in [-0.2, 0) is 6.54 Å². The van der Waals surface area contributed by atoms with E-state index >= 15 is 0 Å². The zero-order chi connectivity index (χ0) is 22.4. The molecular formula is C29H31NOSi. The average molecular weight is 438 g/mol. The summed E-state index contributed by atoms with van der Waals surface area (Å²) in [6, 6.07) is 40.3. The Kier molecular flexibility index (Phi) is 6.47. The number of hydrogen-bond acceptors (Lipinski definition) is 2. The van der Waals surface area contributed by atoms with E-state index in [9.17, 15) is 0 Å². The lowest BCUT2D eigenvalue weighted by molar-refractivity contribution is 0.508. The molecule has 162 valence electrons. The van der Waals surface area contributed by atoms with E-state index in [1.54, 1.807) is 0 Å². The predicted molar refractivity (Wildman–Crippen MR) is 138 cm³/mol. The SMILES string of the molecule is CC(C)(C)[Si](Oc1cccc(NCc2ccccc2)c1)(c1ccccc1)c1ccccc1. The van der Waals surface area contributed by atoms with Gasteiger partial charge in [-0.15, -0.1) is 0 Å². The zero-order valence-electron chi connectivity index (χ0n) is 19.1. The van der Waals surface area contributed by atoms with Crippen LogP contribution in [0.5, 0.6) is 5.75 Å². The van der Waals surface area contributed by atoms with Crippen molar-refractivity contribution in [2.24, 2.45) is 0 Å². The van der Waals surface area contributed by atoms with Crippen LogP contribution < -0.4 is 20.1 Å². The monoisotopic (exact) mass is 437 g/mol. The van der Waals surface area contributed by atoms with Crippen LogP contribution in [-0.4, -0.2) is 8.32 Å². The van der Waals surface area contributed by atoms with Crippen LogP contribution in [0.4, 0.5) is 5.69 Å². The zero-order valence-corrected chi connectivity index (χ0v) is 20.1. The third-order valence-electron chi connectivity index (χ3n) is 5.86. The van der Waals surface area contributed by atoms with Gasteiger partial charge in [-0.2, -0.15) is 0 Å². The minimum atomic E-state index is -2.63. The van der Waals surface area contributed by atoms with Crippen LogP contribution in [0.25, 0.3) is 0 Å². The van der Waals surface area contributed by atoms with Crippen molar-refractivity contribution < 1.29 is 4.43 Å². The summed E-state index contributed by atoms with van der Waals surface area (Å²) in [6.07, 6.45) is 0. The Morgan fingerprint density at radius 3 is 1.72 bits per heavy atom. The summed E-state index contributed by atoms with van der Waals surface area (Å²) < 4.78 is 7.13. The first kappa shape index (κ1) is 21.9. The summed E-state index contributed by atoms with van der Waals surface area (Å²) in [7, 11) is -2.63. The Morgan fingerprint density at radius 2 is 1.19 bits per heavy atom. The number of hydrogen-bond donors (Lipinski definition) is 1. The van der Waals surface area contributed by atoms with Crippen LogP contribution in [0.15, 0.2) is 115 Å². The third-order valence-corrected chi connectivity index (χ3v) is 10.8. The highest BCUT2D eigenvalue weighted by Crippen LogP contribution is 2.38. The lowest BCUT2D eigenvalue weighted by atomic mass is 10.2. The Bertz CT molecular complexity index is 1080. The highest BCUT2D eigenvalue weighted by atomic mass is 28.4. The molecule has 0 saturated heterocycles. The van der Waals surface area contributed by atoms with E-state index in [0.29, 0.717) is 0 Å². The minimum absolute atomic E-state index is 0.0663. The lowest BCUT2D eigenvalue weighted by Gasteiger charge is -2.43. The fraction of sp³-hybridized carbons (Fsp3) is 0.172. The molecule has 0 heterocycles. The highest BCUT2D eigenvalue weighted by molar-refractivity contribution is 7.00. The number of nitrogens with one attached hydrogen (secondary N) is 1. The smallest absolute Gasteiger partial charge is 0.319 e. The van der Waals surface area contributed by atoms with Crippen molar-refractivity contribution in [1.82, 2.24) is 0 Å². The molecule has 3 heteroatoms. The molecule has 0 aliphatic rings. The molecule has 4 aromatic rings. The maximum atomic E-state index is 7.13. The predicted octanol–water partition coefficient (Wildman–Crippen LogP) is 6.24. The summed E-state index contributed by atoms with van der Waals surface area (Å²) in [5.74, 6) is 0.900. The van der Waals surface area contributed by atoms with Gasteiger partial charge in [0.05, 0.1) is 0 Å². The van der Waals surface area contributed by atoms with Gasteiger partial charge in [0.1, 0.15) is 5.75 Å². The average Bonchev–Trinajstić information content (AvgIpc) is 2.82. The molecule has 0 spiro atoms. The van der Waals surface area contributed by atoms with Crippen molar-refractivity contribution in [3.8, 4) is 5.75 Å². The second kappa shape index (κ2) is 9.45. The Hall–Kier alpha value is -3.30. The molecule has 1 N–H and O–H groups in total. The molecule has 2 nitrogen and oxygen atoms in total. The third kappa shape index (κ3) is 4.63. The molecule has 4 rings (SSSR count). The molecule has 0 radical (unpaired) electrons. The van der Waals surface area contributed by atoms with E-state index in [1.807, 2.05) is 6.07 Å². The van der Waals surface area contributed by atoms with E-state index in [2.05, 4.69) is 135 Å².